The van der Waals surface area contributed by atoms with Crippen molar-refractivity contribution in [1.82, 2.24) is 15.2 Å². The SMILES string of the molecule is CCNC(=O)C1(Cc2cccc(-c3cccnc3)c2)CCN(Cc2cccc(F)c2)C1. The molecule has 1 aromatic heterocycles. The second-order valence-corrected chi connectivity index (χ2v) is 8.35. The van der Waals surface area contributed by atoms with Gasteiger partial charge in [-0.1, -0.05) is 42.5 Å². The van der Waals surface area contributed by atoms with Crippen molar-refractivity contribution in [2.75, 3.05) is 19.6 Å². The summed E-state index contributed by atoms with van der Waals surface area (Å²) >= 11 is 0. The number of hydrogen-bond acceptors (Lipinski definition) is 3. The molecular formula is C26H28FN3O. The molecule has 0 bridgehead atoms. The maximum absolute atomic E-state index is 13.6. The van der Waals surface area contributed by atoms with E-state index in [0.717, 1.165) is 35.2 Å². The highest BCUT2D eigenvalue weighted by Gasteiger charge is 2.44. The molecular weight excluding hydrogens is 389 g/mol. The van der Waals surface area contributed by atoms with Crippen molar-refractivity contribution in [1.29, 1.82) is 0 Å². The van der Waals surface area contributed by atoms with Crippen LogP contribution >= 0.6 is 0 Å². The third-order valence-corrected chi connectivity index (χ3v) is 6.01. The van der Waals surface area contributed by atoms with Crippen LogP contribution in [0.5, 0.6) is 0 Å². The van der Waals surface area contributed by atoms with E-state index in [-0.39, 0.29) is 11.7 Å². The number of rotatable bonds is 7. The van der Waals surface area contributed by atoms with Gasteiger partial charge < -0.3 is 5.32 Å². The highest BCUT2D eigenvalue weighted by atomic mass is 19.1. The topological polar surface area (TPSA) is 45.2 Å². The summed E-state index contributed by atoms with van der Waals surface area (Å²) in [7, 11) is 0. The zero-order valence-electron chi connectivity index (χ0n) is 17.9. The summed E-state index contributed by atoms with van der Waals surface area (Å²) in [5.74, 6) is -0.123. The Morgan fingerprint density at radius 1 is 1.10 bits per heavy atom. The summed E-state index contributed by atoms with van der Waals surface area (Å²) in [4.78, 5) is 19.6. The van der Waals surface area contributed by atoms with Crippen LogP contribution in [-0.4, -0.2) is 35.4 Å². The van der Waals surface area contributed by atoms with E-state index in [9.17, 15) is 9.18 Å². The third kappa shape index (κ3) is 5.00. The predicted molar refractivity (Wildman–Crippen MR) is 121 cm³/mol. The van der Waals surface area contributed by atoms with Gasteiger partial charge in [0.1, 0.15) is 5.82 Å². The van der Waals surface area contributed by atoms with Crippen molar-refractivity contribution in [2.45, 2.75) is 26.3 Å². The van der Waals surface area contributed by atoms with E-state index >= 15 is 0 Å². The van der Waals surface area contributed by atoms with Crippen LogP contribution < -0.4 is 5.32 Å². The molecule has 2 heterocycles. The number of hydrogen-bond donors (Lipinski definition) is 1. The Morgan fingerprint density at radius 3 is 2.68 bits per heavy atom. The molecule has 1 amide bonds. The molecule has 1 fully saturated rings. The van der Waals surface area contributed by atoms with E-state index in [2.05, 4.69) is 33.4 Å². The lowest BCUT2D eigenvalue weighted by Crippen LogP contribution is -2.44. The number of carbonyl (C=O) groups is 1. The molecule has 31 heavy (non-hydrogen) atoms. The quantitative estimate of drug-likeness (QED) is 0.617. The van der Waals surface area contributed by atoms with Gasteiger partial charge in [0.05, 0.1) is 5.41 Å². The largest absolute Gasteiger partial charge is 0.356 e. The highest BCUT2D eigenvalue weighted by Crippen LogP contribution is 2.36. The summed E-state index contributed by atoms with van der Waals surface area (Å²) in [6.07, 6.45) is 5.08. The van der Waals surface area contributed by atoms with Crippen LogP contribution in [0.3, 0.4) is 0 Å². The van der Waals surface area contributed by atoms with Gasteiger partial charge in [-0.15, -0.1) is 0 Å². The molecule has 0 radical (unpaired) electrons. The lowest BCUT2D eigenvalue weighted by atomic mass is 9.79. The summed E-state index contributed by atoms with van der Waals surface area (Å²) in [6, 6.07) is 19.1. The van der Waals surface area contributed by atoms with E-state index in [1.54, 1.807) is 18.3 Å². The number of nitrogens with one attached hydrogen (secondary N) is 1. The van der Waals surface area contributed by atoms with E-state index < -0.39 is 5.41 Å². The van der Waals surface area contributed by atoms with Gasteiger partial charge in [0.15, 0.2) is 0 Å². The first kappa shape index (κ1) is 21.2. The molecule has 2 aromatic carbocycles. The van der Waals surface area contributed by atoms with Gasteiger partial charge >= 0.3 is 0 Å². The number of likely N-dealkylation sites (tertiary alicyclic amines) is 1. The number of carbonyl (C=O) groups excluding carboxylic acids is 1. The summed E-state index contributed by atoms with van der Waals surface area (Å²) < 4.78 is 13.6. The molecule has 5 heteroatoms. The molecule has 1 saturated heterocycles. The van der Waals surface area contributed by atoms with E-state index in [4.69, 9.17) is 0 Å². The normalized spacial score (nSPS) is 18.8. The summed E-state index contributed by atoms with van der Waals surface area (Å²) in [5.41, 5.74) is 3.75. The van der Waals surface area contributed by atoms with E-state index in [1.165, 1.54) is 6.07 Å². The molecule has 1 unspecified atom stereocenters. The Hall–Kier alpha value is -3.05. The first-order valence-electron chi connectivity index (χ1n) is 10.8. The molecule has 4 nitrogen and oxygen atoms in total. The molecule has 4 rings (SSSR count). The molecule has 1 aliphatic rings. The van der Waals surface area contributed by atoms with Crippen molar-refractivity contribution >= 4 is 5.91 Å². The van der Waals surface area contributed by atoms with Crippen LogP contribution in [-0.2, 0) is 17.8 Å². The monoisotopic (exact) mass is 417 g/mol. The Morgan fingerprint density at radius 2 is 1.90 bits per heavy atom. The lowest BCUT2D eigenvalue weighted by Gasteiger charge is -2.28. The minimum absolute atomic E-state index is 0.100. The molecule has 3 aromatic rings. The standard InChI is InChI=1S/C26H28FN3O/c1-2-29-25(31)26(11-13-30(19-26)18-21-7-4-10-24(27)15-21)16-20-6-3-8-22(14-20)23-9-5-12-28-17-23/h3-10,12,14-15,17H,2,11,13,16,18-19H2,1H3,(H,29,31). The van der Waals surface area contributed by atoms with Crippen LogP contribution in [0, 0.1) is 11.2 Å². The Balaban J connectivity index is 1.55. The van der Waals surface area contributed by atoms with Crippen molar-refractivity contribution in [3.63, 3.8) is 0 Å². The van der Waals surface area contributed by atoms with Gasteiger partial charge in [-0.3, -0.25) is 14.7 Å². The number of benzene rings is 2. The zero-order chi connectivity index (χ0) is 21.7. The zero-order valence-corrected chi connectivity index (χ0v) is 17.9. The second kappa shape index (κ2) is 9.40. The lowest BCUT2D eigenvalue weighted by molar-refractivity contribution is -0.130. The first-order valence-corrected chi connectivity index (χ1v) is 10.8. The third-order valence-electron chi connectivity index (χ3n) is 6.01. The van der Waals surface area contributed by atoms with E-state index in [1.807, 2.05) is 37.4 Å². The van der Waals surface area contributed by atoms with Gasteiger partial charge in [0.2, 0.25) is 5.91 Å². The molecule has 1 N–H and O–H groups in total. The van der Waals surface area contributed by atoms with Crippen molar-refractivity contribution in [3.05, 3.63) is 90.0 Å². The maximum atomic E-state index is 13.6. The second-order valence-electron chi connectivity index (χ2n) is 8.35. The maximum Gasteiger partial charge on any atom is 0.227 e. The fraction of sp³-hybridized carbons (Fsp3) is 0.308. The number of nitrogens with zero attached hydrogens (tertiary/aromatic N) is 2. The van der Waals surface area contributed by atoms with Crippen LogP contribution in [0.2, 0.25) is 0 Å². The first-order chi connectivity index (χ1) is 15.1. The van der Waals surface area contributed by atoms with Crippen molar-refractivity contribution in [3.8, 4) is 11.1 Å². The molecule has 0 saturated carbocycles. The van der Waals surface area contributed by atoms with Crippen LogP contribution in [0.4, 0.5) is 4.39 Å². The van der Waals surface area contributed by atoms with Crippen molar-refractivity contribution < 1.29 is 9.18 Å². The van der Waals surface area contributed by atoms with Crippen LogP contribution in [0.1, 0.15) is 24.5 Å². The van der Waals surface area contributed by atoms with Gasteiger partial charge in [-0.25, -0.2) is 4.39 Å². The van der Waals surface area contributed by atoms with E-state index in [0.29, 0.717) is 26.1 Å². The minimum Gasteiger partial charge on any atom is -0.356 e. The van der Waals surface area contributed by atoms with Gasteiger partial charge in [-0.05, 0) is 66.8 Å². The Kier molecular flexibility index (Phi) is 6.42. The fourth-order valence-corrected chi connectivity index (χ4v) is 4.53. The average Bonchev–Trinajstić information content (AvgIpc) is 3.18. The predicted octanol–water partition coefficient (Wildman–Crippen LogP) is 4.46. The summed E-state index contributed by atoms with van der Waals surface area (Å²) in [5, 5.41) is 3.05. The van der Waals surface area contributed by atoms with Gasteiger partial charge in [0, 0.05) is 32.0 Å². The average molecular weight is 418 g/mol. The number of halogens is 1. The van der Waals surface area contributed by atoms with Crippen LogP contribution in [0.25, 0.3) is 11.1 Å². The van der Waals surface area contributed by atoms with Gasteiger partial charge in [-0.2, -0.15) is 0 Å². The molecule has 1 atom stereocenters. The number of aromatic nitrogens is 1. The Bertz CT molecular complexity index is 1040. The van der Waals surface area contributed by atoms with Crippen molar-refractivity contribution in [2.24, 2.45) is 5.41 Å². The Labute approximate surface area is 183 Å². The molecule has 160 valence electrons. The minimum atomic E-state index is -0.489. The number of pyridine rings is 1. The molecule has 0 spiro atoms. The smallest absolute Gasteiger partial charge is 0.227 e. The van der Waals surface area contributed by atoms with Gasteiger partial charge in [0.25, 0.3) is 0 Å². The highest BCUT2D eigenvalue weighted by molar-refractivity contribution is 5.83. The van der Waals surface area contributed by atoms with Crippen LogP contribution in [0.15, 0.2) is 73.1 Å². The summed E-state index contributed by atoms with van der Waals surface area (Å²) in [6.45, 7) is 4.69. The molecule has 0 aliphatic carbocycles. The fourth-order valence-electron chi connectivity index (χ4n) is 4.53. The molecule has 1 aliphatic heterocycles. The number of amides is 1.